The Morgan fingerprint density at radius 1 is 1.30 bits per heavy atom. The lowest BCUT2D eigenvalue weighted by Crippen LogP contribution is -2.19. The van der Waals surface area contributed by atoms with Crippen LogP contribution in [0.15, 0.2) is 0 Å². The van der Waals surface area contributed by atoms with Crippen LogP contribution in [-0.2, 0) is 4.74 Å². The predicted molar refractivity (Wildman–Crippen MR) is 44.2 cm³/mol. The standard InChI is InChI=1S/C8H19NO/c1-4-8(5-2)10-7-6-9-3/h8-9H,4-7H2,1-3H3. The summed E-state index contributed by atoms with van der Waals surface area (Å²) < 4.78 is 5.52. The van der Waals surface area contributed by atoms with Gasteiger partial charge in [-0.1, -0.05) is 13.8 Å². The van der Waals surface area contributed by atoms with Crippen molar-refractivity contribution in [3.05, 3.63) is 0 Å². The molecule has 0 aromatic heterocycles. The molecule has 0 unspecified atom stereocenters. The van der Waals surface area contributed by atoms with Crippen molar-refractivity contribution in [1.29, 1.82) is 0 Å². The van der Waals surface area contributed by atoms with Crippen molar-refractivity contribution < 1.29 is 4.74 Å². The number of likely N-dealkylation sites (N-methyl/N-ethyl adjacent to an activating group) is 1. The van der Waals surface area contributed by atoms with Gasteiger partial charge in [0.25, 0.3) is 0 Å². The Morgan fingerprint density at radius 3 is 2.30 bits per heavy atom. The fourth-order valence-electron chi connectivity index (χ4n) is 0.852. The average Bonchev–Trinajstić information content (AvgIpc) is 1.99. The highest BCUT2D eigenvalue weighted by molar-refractivity contribution is 4.51. The van der Waals surface area contributed by atoms with Crippen molar-refractivity contribution in [3.8, 4) is 0 Å². The van der Waals surface area contributed by atoms with Gasteiger partial charge in [0.1, 0.15) is 0 Å². The highest BCUT2D eigenvalue weighted by atomic mass is 16.5. The van der Waals surface area contributed by atoms with E-state index in [-0.39, 0.29) is 0 Å². The van der Waals surface area contributed by atoms with Gasteiger partial charge in [-0.15, -0.1) is 0 Å². The normalized spacial score (nSPS) is 10.8. The maximum absolute atomic E-state index is 5.52. The monoisotopic (exact) mass is 145 g/mol. The van der Waals surface area contributed by atoms with Gasteiger partial charge in [-0.2, -0.15) is 0 Å². The van der Waals surface area contributed by atoms with E-state index in [1.54, 1.807) is 0 Å². The minimum atomic E-state index is 0.466. The van der Waals surface area contributed by atoms with E-state index < -0.39 is 0 Å². The third kappa shape index (κ3) is 4.77. The summed E-state index contributed by atoms with van der Waals surface area (Å²) in [7, 11) is 1.94. The molecule has 0 fully saturated rings. The van der Waals surface area contributed by atoms with E-state index >= 15 is 0 Å². The summed E-state index contributed by atoms with van der Waals surface area (Å²) in [5, 5.41) is 3.05. The molecule has 1 N–H and O–H groups in total. The maximum atomic E-state index is 5.52. The number of hydrogen-bond donors (Lipinski definition) is 1. The highest BCUT2D eigenvalue weighted by Crippen LogP contribution is 2.00. The third-order valence-electron chi connectivity index (χ3n) is 1.62. The SMILES string of the molecule is CCC(CC)OCCNC. The number of ether oxygens (including phenoxy) is 1. The highest BCUT2D eigenvalue weighted by Gasteiger charge is 2.00. The zero-order chi connectivity index (χ0) is 7.82. The minimum Gasteiger partial charge on any atom is -0.377 e. The molecule has 0 radical (unpaired) electrons. The summed E-state index contributed by atoms with van der Waals surface area (Å²) in [4.78, 5) is 0. The van der Waals surface area contributed by atoms with Gasteiger partial charge in [-0.3, -0.25) is 0 Å². The minimum absolute atomic E-state index is 0.466. The lowest BCUT2D eigenvalue weighted by molar-refractivity contribution is 0.0510. The Hall–Kier alpha value is -0.0800. The molecule has 0 saturated carbocycles. The molecule has 0 bridgehead atoms. The number of hydrogen-bond acceptors (Lipinski definition) is 2. The number of nitrogens with one attached hydrogen (secondary N) is 1. The quantitative estimate of drug-likeness (QED) is 0.571. The molecule has 0 atom stereocenters. The molecule has 0 rings (SSSR count). The smallest absolute Gasteiger partial charge is 0.0594 e. The Balaban J connectivity index is 3.09. The second kappa shape index (κ2) is 7.03. The first kappa shape index (κ1) is 9.92. The molecule has 0 amide bonds. The zero-order valence-corrected chi connectivity index (χ0v) is 7.31. The van der Waals surface area contributed by atoms with Crippen LogP contribution >= 0.6 is 0 Å². The largest absolute Gasteiger partial charge is 0.377 e. The van der Waals surface area contributed by atoms with Crippen molar-refractivity contribution in [2.24, 2.45) is 0 Å². The lowest BCUT2D eigenvalue weighted by Gasteiger charge is -2.12. The van der Waals surface area contributed by atoms with Crippen LogP contribution in [0.1, 0.15) is 26.7 Å². The Bertz CT molecular complexity index is 62.3. The molecule has 0 heterocycles. The topological polar surface area (TPSA) is 21.3 Å². The van der Waals surface area contributed by atoms with E-state index in [4.69, 9.17) is 4.74 Å². The third-order valence-corrected chi connectivity index (χ3v) is 1.62. The van der Waals surface area contributed by atoms with Gasteiger partial charge in [0, 0.05) is 6.54 Å². The average molecular weight is 145 g/mol. The summed E-state index contributed by atoms with van der Waals surface area (Å²) in [5.74, 6) is 0. The molecule has 0 aliphatic rings. The molecule has 0 aromatic carbocycles. The van der Waals surface area contributed by atoms with Crippen LogP contribution in [0.5, 0.6) is 0 Å². The fraction of sp³-hybridized carbons (Fsp3) is 1.00. The van der Waals surface area contributed by atoms with Crippen LogP contribution in [0, 0.1) is 0 Å². The van der Waals surface area contributed by atoms with Crippen molar-refractivity contribution >= 4 is 0 Å². The van der Waals surface area contributed by atoms with E-state index in [0.29, 0.717) is 6.10 Å². The first-order valence-electron chi connectivity index (χ1n) is 4.11. The van der Waals surface area contributed by atoms with Crippen molar-refractivity contribution in [1.82, 2.24) is 5.32 Å². The van der Waals surface area contributed by atoms with Gasteiger partial charge in [0.15, 0.2) is 0 Å². The maximum Gasteiger partial charge on any atom is 0.0594 e. The summed E-state index contributed by atoms with van der Waals surface area (Å²) in [6, 6.07) is 0. The molecule has 0 spiro atoms. The molecule has 2 heteroatoms. The molecule has 62 valence electrons. The van der Waals surface area contributed by atoms with E-state index in [1.165, 1.54) is 0 Å². The summed E-state index contributed by atoms with van der Waals surface area (Å²) in [6.07, 6.45) is 2.72. The predicted octanol–water partition coefficient (Wildman–Crippen LogP) is 1.41. The van der Waals surface area contributed by atoms with Crippen LogP contribution in [0.3, 0.4) is 0 Å². The molecule has 0 aliphatic carbocycles. The molecular weight excluding hydrogens is 126 g/mol. The van der Waals surface area contributed by atoms with E-state index in [1.807, 2.05) is 7.05 Å². The summed E-state index contributed by atoms with van der Waals surface area (Å²) >= 11 is 0. The molecular formula is C8H19NO. The van der Waals surface area contributed by atoms with Gasteiger partial charge in [-0.05, 0) is 19.9 Å². The molecule has 2 nitrogen and oxygen atoms in total. The first-order valence-corrected chi connectivity index (χ1v) is 4.11. The van der Waals surface area contributed by atoms with Crippen LogP contribution in [-0.4, -0.2) is 26.3 Å². The molecule has 0 aromatic rings. The van der Waals surface area contributed by atoms with Gasteiger partial charge in [0.05, 0.1) is 12.7 Å². The number of rotatable bonds is 6. The van der Waals surface area contributed by atoms with Gasteiger partial charge in [-0.25, -0.2) is 0 Å². The second-order valence-electron chi connectivity index (χ2n) is 2.41. The van der Waals surface area contributed by atoms with Crippen LogP contribution < -0.4 is 5.32 Å². The molecule has 0 saturated heterocycles. The fourth-order valence-corrected chi connectivity index (χ4v) is 0.852. The van der Waals surface area contributed by atoms with Crippen molar-refractivity contribution in [2.75, 3.05) is 20.2 Å². The Morgan fingerprint density at radius 2 is 1.90 bits per heavy atom. The van der Waals surface area contributed by atoms with Crippen LogP contribution in [0.25, 0.3) is 0 Å². The first-order chi connectivity index (χ1) is 4.85. The molecule has 10 heavy (non-hydrogen) atoms. The van der Waals surface area contributed by atoms with Gasteiger partial charge < -0.3 is 10.1 Å². The summed E-state index contributed by atoms with van der Waals surface area (Å²) in [5.41, 5.74) is 0. The zero-order valence-electron chi connectivity index (χ0n) is 7.31. The van der Waals surface area contributed by atoms with Crippen LogP contribution in [0.2, 0.25) is 0 Å². The van der Waals surface area contributed by atoms with Crippen LogP contribution in [0.4, 0.5) is 0 Å². The van der Waals surface area contributed by atoms with Gasteiger partial charge in [0.2, 0.25) is 0 Å². The Kier molecular flexibility index (Phi) is 6.98. The van der Waals surface area contributed by atoms with E-state index in [0.717, 1.165) is 26.0 Å². The summed E-state index contributed by atoms with van der Waals surface area (Å²) in [6.45, 7) is 6.11. The van der Waals surface area contributed by atoms with E-state index in [9.17, 15) is 0 Å². The Labute approximate surface area is 64.0 Å². The molecule has 0 aliphatic heterocycles. The van der Waals surface area contributed by atoms with Gasteiger partial charge >= 0.3 is 0 Å². The lowest BCUT2D eigenvalue weighted by atomic mass is 10.2. The van der Waals surface area contributed by atoms with Crippen molar-refractivity contribution in [3.63, 3.8) is 0 Å². The van der Waals surface area contributed by atoms with E-state index in [2.05, 4.69) is 19.2 Å². The second-order valence-corrected chi connectivity index (χ2v) is 2.41. The van der Waals surface area contributed by atoms with Crippen molar-refractivity contribution in [2.45, 2.75) is 32.8 Å².